The lowest BCUT2D eigenvalue weighted by Crippen LogP contribution is -2.40. The number of anilines is 2. The molecule has 10 heteroatoms. The molecule has 218 valence electrons. The molecule has 5 rings (SSSR count). The normalized spacial score (nSPS) is 17.3. The average Bonchev–Trinajstić information content (AvgIpc) is 3.11. The van der Waals surface area contributed by atoms with Crippen molar-refractivity contribution in [1.82, 2.24) is 4.90 Å². The van der Waals surface area contributed by atoms with E-state index in [0.717, 1.165) is 6.08 Å². The van der Waals surface area contributed by atoms with E-state index in [1.54, 1.807) is 54.6 Å². The quantitative estimate of drug-likeness (QED) is 0.405. The number of amides is 3. The van der Waals surface area contributed by atoms with Crippen molar-refractivity contribution in [2.45, 2.75) is 19.3 Å². The van der Waals surface area contributed by atoms with Crippen LogP contribution in [0.15, 0.2) is 78.9 Å². The third kappa shape index (κ3) is 6.18. The average molecular weight is 576 g/mol. The number of hydrogen-bond acceptors (Lipinski definition) is 5. The standard InChI is InChI=1S/C32H31F2N3O5/c1-2-42-28-10-6-4-8-25(28)30(39)35-23-13-11-22(12-14-23)31(40)37-16-15-32(33,34)26(24-7-3-5-9-27(24)37)21-29(38)36-17-19-41-20-18-36/h3-14,21H,2,15-20H2,1H3,(H,35,39)/b26-21+. The molecule has 8 nitrogen and oxygen atoms in total. The molecule has 0 saturated carbocycles. The van der Waals surface area contributed by atoms with E-state index in [4.69, 9.17) is 9.47 Å². The van der Waals surface area contributed by atoms with Gasteiger partial charge in [-0.3, -0.25) is 14.4 Å². The van der Waals surface area contributed by atoms with Crippen LogP contribution < -0.4 is 15.0 Å². The number of halogens is 2. The summed E-state index contributed by atoms with van der Waals surface area (Å²) in [5.41, 5.74) is 1.11. The van der Waals surface area contributed by atoms with E-state index < -0.39 is 29.7 Å². The SMILES string of the molecule is CCOc1ccccc1C(=O)Nc1ccc(C(=O)N2CCC(F)(F)/C(=C/C(=O)N3CCOCC3)c3ccccc32)cc1. The van der Waals surface area contributed by atoms with Crippen molar-refractivity contribution in [3.8, 4) is 5.75 Å². The molecule has 0 aromatic heterocycles. The first-order valence-corrected chi connectivity index (χ1v) is 13.8. The van der Waals surface area contributed by atoms with Gasteiger partial charge in [0.05, 0.1) is 31.1 Å². The van der Waals surface area contributed by atoms with Gasteiger partial charge in [-0.1, -0.05) is 30.3 Å². The summed E-state index contributed by atoms with van der Waals surface area (Å²) in [5, 5.41) is 2.80. The number of carbonyl (C=O) groups is 3. The third-order valence-electron chi connectivity index (χ3n) is 7.19. The molecule has 3 aromatic carbocycles. The molecule has 1 saturated heterocycles. The maximum atomic E-state index is 15.5. The molecule has 2 heterocycles. The van der Waals surface area contributed by atoms with Gasteiger partial charge in [-0.15, -0.1) is 0 Å². The van der Waals surface area contributed by atoms with Gasteiger partial charge in [0.15, 0.2) is 0 Å². The Morgan fingerprint density at radius 2 is 1.64 bits per heavy atom. The zero-order valence-electron chi connectivity index (χ0n) is 23.1. The second-order valence-electron chi connectivity index (χ2n) is 9.88. The predicted octanol–water partition coefficient (Wildman–Crippen LogP) is 5.27. The van der Waals surface area contributed by atoms with Crippen LogP contribution in [0.1, 0.15) is 39.6 Å². The van der Waals surface area contributed by atoms with Crippen molar-refractivity contribution in [1.29, 1.82) is 0 Å². The second kappa shape index (κ2) is 12.5. The number of nitrogens with one attached hydrogen (secondary N) is 1. The van der Waals surface area contributed by atoms with E-state index in [9.17, 15) is 14.4 Å². The van der Waals surface area contributed by atoms with E-state index in [-0.39, 0.29) is 23.6 Å². The number of morpholine rings is 1. The lowest BCUT2D eigenvalue weighted by Gasteiger charge is -2.27. The van der Waals surface area contributed by atoms with Gasteiger partial charge in [0, 0.05) is 54.5 Å². The van der Waals surface area contributed by atoms with Crippen LogP contribution in [0.25, 0.3) is 5.57 Å². The fourth-order valence-corrected chi connectivity index (χ4v) is 5.02. The Hall–Kier alpha value is -4.57. The van der Waals surface area contributed by atoms with E-state index >= 15 is 8.78 Å². The van der Waals surface area contributed by atoms with Crippen molar-refractivity contribution in [3.05, 3.63) is 95.6 Å². The minimum absolute atomic E-state index is 0.131. The van der Waals surface area contributed by atoms with E-state index in [0.29, 0.717) is 55.6 Å². The Kier molecular flexibility index (Phi) is 8.63. The number of benzene rings is 3. The fourth-order valence-electron chi connectivity index (χ4n) is 5.02. The van der Waals surface area contributed by atoms with E-state index in [1.807, 2.05) is 6.92 Å². The van der Waals surface area contributed by atoms with Gasteiger partial charge in [0.1, 0.15) is 5.75 Å². The van der Waals surface area contributed by atoms with Crippen LogP contribution >= 0.6 is 0 Å². The largest absolute Gasteiger partial charge is 0.493 e. The van der Waals surface area contributed by atoms with Gasteiger partial charge < -0.3 is 24.6 Å². The highest BCUT2D eigenvalue weighted by Crippen LogP contribution is 2.43. The maximum absolute atomic E-state index is 15.5. The van der Waals surface area contributed by atoms with Crippen molar-refractivity contribution < 1.29 is 32.6 Å². The highest BCUT2D eigenvalue weighted by molar-refractivity contribution is 6.10. The van der Waals surface area contributed by atoms with Crippen LogP contribution in [0.5, 0.6) is 5.75 Å². The Morgan fingerprint density at radius 1 is 0.952 bits per heavy atom. The molecule has 2 aliphatic heterocycles. The predicted molar refractivity (Wildman–Crippen MR) is 155 cm³/mol. The fraction of sp³-hybridized carbons (Fsp3) is 0.281. The number of rotatable bonds is 6. The second-order valence-corrected chi connectivity index (χ2v) is 9.88. The first-order chi connectivity index (χ1) is 20.3. The number of alkyl halides is 2. The number of fused-ring (bicyclic) bond motifs is 1. The summed E-state index contributed by atoms with van der Waals surface area (Å²) in [6, 6.07) is 19.5. The monoisotopic (exact) mass is 575 g/mol. The molecular weight excluding hydrogens is 544 g/mol. The Labute approximate surface area is 242 Å². The summed E-state index contributed by atoms with van der Waals surface area (Å²) in [6.07, 6.45) is 0.350. The van der Waals surface area contributed by atoms with Gasteiger partial charge in [-0.2, -0.15) is 0 Å². The molecule has 0 atom stereocenters. The van der Waals surface area contributed by atoms with Crippen LogP contribution in [0, 0.1) is 0 Å². The smallest absolute Gasteiger partial charge is 0.275 e. The zero-order chi connectivity index (χ0) is 29.7. The highest BCUT2D eigenvalue weighted by atomic mass is 19.3. The number of ether oxygens (including phenoxy) is 2. The molecule has 0 bridgehead atoms. The van der Waals surface area contributed by atoms with E-state index in [1.165, 1.54) is 28.0 Å². The summed E-state index contributed by atoms with van der Waals surface area (Å²) in [6.45, 7) is 3.36. The van der Waals surface area contributed by atoms with Crippen LogP contribution in [0.2, 0.25) is 0 Å². The minimum Gasteiger partial charge on any atom is -0.493 e. The van der Waals surface area contributed by atoms with Gasteiger partial charge in [0.25, 0.3) is 17.7 Å². The van der Waals surface area contributed by atoms with Crippen LogP contribution in [0.3, 0.4) is 0 Å². The van der Waals surface area contributed by atoms with Crippen molar-refractivity contribution in [2.75, 3.05) is 49.7 Å². The number of allylic oxidation sites excluding steroid dienone is 1. The minimum atomic E-state index is -3.33. The summed E-state index contributed by atoms with van der Waals surface area (Å²) in [4.78, 5) is 42.2. The van der Waals surface area contributed by atoms with Crippen molar-refractivity contribution in [2.24, 2.45) is 0 Å². The summed E-state index contributed by atoms with van der Waals surface area (Å²) in [7, 11) is 0. The summed E-state index contributed by atoms with van der Waals surface area (Å²) in [5.74, 6) is -4.23. The summed E-state index contributed by atoms with van der Waals surface area (Å²) < 4.78 is 41.8. The molecule has 1 fully saturated rings. The topological polar surface area (TPSA) is 88.2 Å². The Morgan fingerprint density at radius 3 is 2.38 bits per heavy atom. The lowest BCUT2D eigenvalue weighted by molar-refractivity contribution is -0.130. The van der Waals surface area contributed by atoms with Crippen molar-refractivity contribution in [3.63, 3.8) is 0 Å². The molecule has 42 heavy (non-hydrogen) atoms. The zero-order valence-corrected chi connectivity index (χ0v) is 23.1. The van der Waals surface area contributed by atoms with Crippen molar-refractivity contribution >= 4 is 34.7 Å². The molecule has 2 aliphatic rings. The molecule has 3 amide bonds. The van der Waals surface area contributed by atoms with Gasteiger partial charge in [0.2, 0.25) is 5.91 Å². The Balaban J connectivity index is 1.38. The molecule has 0 radical (unpaired) electrons. The van der Waals surface area contributed by atoms with Crippen LogP contribution in [-0.4, -0.2) is 68.0 Å². The highest BCUT2D eigenvalue weighted by Gasteiger charge is 2.41. The third-order valence-corrected chi connectivity index (χ3v) is 7.19. The molecular formula is C32H31F2N3O5. The molecule has 1 N–H and O–H groups in total. The van der Waals surface area contributed by atoms with E-state index in [2.05, 4.69) is 5.32 Å². The van der Waals surface area contributed by atoms with Crippen LogP contribution in [0.4, 0.5) is 20.2 Å². The van der Waals surface area contributed by atoms with Gasteiger partial charge >= 0.3 is 0 Å². The number of para-hydroxylation sites is 2. The first-order valence-electron chi connectivity index (χ1n) is 13.8. The molecule has 0 aliphatic carbocycles. The lowest BCUT2D eigenvalue weighted by atomic mass is 9.96. The van der Waals surface area contributed by atoms with Crippen LogP contribution in [-0.2, 0) is 9.53 Å². The van der Waals surface area contributed by atoms with Gasteiger partial charge in [-0.25, -0.2) is 8.78 Å². The molecule has 0 spiro atoms. The summed E-state index contributed by atoms with van der Waals surface area (Å²) >= 11 is 0. The number of hydrogen-bond donors (Lipinski definition) is 1. The first kappa shape index (κ1) is 28.9. The molecule has 0 unspecified atom stereocenters. The Bertz CT molecular complexity index is 1500. The van der Waals surface area contributed by atoms with Gasteiger partial charge in [-0.05, 0) is 49.4 Å². The maximum Gasteiger partial charge on any atom is 0.275 e. The number of nitrogens with zero attached hydrogens (tertiary/aromatic N) is 2. The molecule has 3 aromatic rings. The number of carbonyl (C=O) groups excluding carboxylic acids is 3.